The summed E-state index contributed by atoms with van der Waals surface area (Å²) in [5, 5.41) is 15.8. The van der Waals surface area contributed by atoms with E-state index in [0.29, 0.717) is 29.6 Å². The van der Waals surface area contributed by atoms with Crippen molar-refractivity contribution in [2.24, 2.45) is 12.0 Å². The average molecular weight is 354 g/mol. The van der Waals surface area contributed by atoms with Crippen LogP contribution in [0.25, 0.3) is 10.9 Å². The van der Waals surface area contributed by atoms with E-state index in [1.165, 1.54) is 4.88 Å². The van der Waals surface area contributed by atoms with Crippen molar-refractivity contribution in [1.82, 2.24) is 4.57 Å². The molecule has 0 radical (unpaired) electrons. The third-order valence-corrected chi connectivity index (χ3v) is 5.77. The molecule has 0 fully saturated rings. The highest BCUT2D eigenvalue weighted by Crippen LogP contribution is 2.29. The second-order valence-corrected chi connectivity index (χ2v) is 7.26. The topological polar surface area (TPSA) is 71.2 Å². The van der Waals surface area contributed by atoms with Crippen molar-refractivity contribution >= 4 is 28.0 Å². The number of aryl methyl sites for hydroxylation is 1. The zero-order valence-corrected chi connectivity index (χ0v) is 14.8. The predicted molar refractivity (Wildman–Crippen MR) is 101 cm³/mol. The molecule has 1 aromatic carbocycles. The van der Waals surface area contributed by atoms with Crippen molar-refractivity contribution < 1.29 is 10.4 Å². The molecule has 1 atom stereocenters. The molecule has 6 heteroatoms. The van der Waals surface area contributed by atoms with Gasteiger partial charge in [0, 0.05) is 18.9 Å². The molecule has 25 heavy (non-hydrogen) atoms. The summed E-state index contributed by atoms with van der Waals surface area (Å²) in [6, 6.07) is 11.8. The standard InChI is InChI=1S/C19H19N3O2S/c1-22-15-6-3-2-5-12(15)18(23)17(19(22)24)14-11-13(20-8-9-21-14)16-7-4-10-25-16/h2-7,10,13,20,23H,8-9,11H2,1H3/p+1/t13-/m1/s1. The predicted octanol–water partition coefficient (Wildman–Crippen LogP) is 1.80. The Kier molecular flexibility index (Phi) is 4.15. The molecule has 1 aliphatic rings. The summed E-state index contributed by atoms with van der Waals surface area (Å²) >= 11 is 1.72. The molecule has 0 spiro atoms. The summed E-state index contributed by atoms with van der Waals surface area (Å²) in [5.41, 5.74) is 1.58. The van der Waals surface area contributed by atoms with Crippen molar-refractivity contribution in [2.45, 2.75) is 12.5 Å². The van der Waals surface area contributed by atoms with Crippen molar-refractivity contribution in [2.75, 3.05) is 13.1 Å². The number of rotatable bonds is 2. The number of aliphatic imine (C=N–C) groups is 1. The summed E-state index contributed by atoms with van der Waals surface area (Å²) in [4.78, 5) is 18.8. The molecule has 3 N–H and O–H groups in total. The zero-order chi connectivity index (χ0) is 17.4. The minimum atomic E-state index is -0.193. The highest BCUT2D eigenvalue weighted by molar-refractivity contribution is 7.10. The lowest BCUT2D eigenvalue weighted by atomic mass is 10.00. The second-order valence-electron chi connectivity index (χ2n) is 6.28. The van der Waals surface area contributed by atoms with E-state index in [1.54, 1.807) is 23.0 Å². The van der Waals surface area contributed by atoms with Crippen LogP contribution in [0.1, 0.15) is 22.9 Å². The lowest BCUT2D eigenvalue weighted by molar-refractivity contribution is -0.691. The summed E-state index contributed by atoms with van der Waals surface area (Å²) in [6.07, 6.45) is 0.641. The van der Waals surface area contributed by atoms with Crippen LogP contribution in [-0.2, 0) is 7.05 Å². The number of para-hydroxylation sites is 1. The van der Waals surface area contributed by atoms with E-state index in [2.05, 4.69) is 21.8 Å². The second kappa shape index (κ2) is 6.46. The van der Waals surface area contributed by atoms with Gasteiger partial charge in [0.2, 0.25) is 0 Å². The quantitative estimate of drug-likeness (QED) is 0.737. The van der Waals surface area contributed by atoms with Gasteiger partial charge < -0.3 is 15.0 Å². The maximum Gasteiger partial charge on any atom is 0.263 e. The van der Waals surface area contributed by atoms with Gasteiger partial charge in [-0.25, -0.2) is 0 Å². The lowest BCUT2D eigenvalue weighted by Gasteiger charge is -2.15. The van der Waals surface area contributed by atoms with Crippen LogP contribution in [0.3, 0.4) is 0 Å². The number of nitrogens with two attached hydrogens (primary N) is 1. The van der Waals surface area contributed by atoms with E-state index < -0.39 is 0 Å². The molecule has 2 aromatic heterocycles. The SMILES string of the molecule is Cn1c(=O)c(C2=NCC[NH2+][C@@H](c3cccs3)C2)c(O)c2ccccc21. The lowest BCUT2D eigenvalue weighted by Crippen LogP contribution is -2.85. The van der Waals surface area contributed by atoms with Gasteiger partial charge in [0.25, 0.3) is 5.56 Å². The number of nitrogens with zero attached hydrogens (tertiary/aromatic N) is 2. The number of quaternary nitrogens is 1. The van der Waals surface area contributed by atoms with Gasteiger partial charge in [-0.15, -0.1) is 11.3 Å². The Morgan fingerprint density at radius 3 is 2.92 bits per heavy atom. The Morgan fingerprint density at radius 2 is 2.12 bits per heavy atom. The van der Waals surface area contributed by atoms with Crippen LogP contribution in [0.2, 0.25) is 0 Å². The van der Waals surface area contributed by atoms with Crippen LogP contribution >= 0.6 is 11.3 Å². The highest BCUT2D eigenvalue weighted by Gasteiger charge is 2.26. The smallest absolute Gasteiger partial charge is 0.263 e. The van der Waals surface area contributed by atoms with Crippen LogP contribution in [-0.4, -0.2) is 28.5 Å². The minimum absolute atomic E-state index is 0.0456. The maximum absolute atomic E-state index is 12.9. The summed E-state index contributed by atoms with van der Waals surface area (Å²) in [6.45, 7) is 1.52. The average Bonchev–Trinajstić information content (AvgIpc) is 3.06. The molecular formula is C19H20N3O2S+. The molecule has 1 aliphatic heterocycles. The van der Waals surface area contributed by atoms with Crippen molar-refractivity contribution in [1.29, 1.82) is 0 Å². The summed E-state index contributed by atoms with van der Waals surface area (Å²) in [7, 11) is 1.74. The largest absolute Gasteiger partial charge is 0.506 e. The summed E-state index contributed by atoms with van der Waals surface area (Å²) < 4.78 is 1.60. The fourth-order valence-electron chi connectivity index (χ4n) is 3.47. The first kappa shape index (κ1) is 16.1. The summed E-state index contributed by atoms with van der Waals surface area (Å²) in [5.74, 6) is 0.0456. The minimum Gasteiger partial charge on any atom is -0.506 e. The number of hydrogen-bond acceptors (Lipinski definition) is 4. The molecule has 0 unspecified atom stereocenters. The van der Waals surface area contributed by atoms with Crippen LogP contribution in [0.4, 0.5) is 0 Å². The first-order valence-corrected chi connectivity index (χ1v) is 9.26. The molecule has 0 saturated carbocycles. The van der Waals surface area contributed by atoms with E-state index in [1.807, 2.05) is 30.3 Å². The zero-order valence-electron chi connectivity index (χ0n) is 14.0. The van der Waals surface area contributed by atoms with Gasteiger partial charge >= 0.3 is 0 Å². The van der Waals surface area contributed by atoms with E-state index in [4.69, 9.17) is 0 Å². The van der Waals surface area contributed by atoms with Gasteiger partial charge in [0.05, 0.1) is 29.2 Å². The number of thiophene rings is 1. The van der Waals surface area contributed by atoms with E-state index in [0.717, 1.165) is 12.1 Å². The Balaban J connectivity index is 1.86. The molecule has 4 rings (SSSR count). The molecule has 3 aromatic rings. The molecule has 5 nitrogen and oxygen atoms in total. The molecule has 0 aliphatic carbocycles. The third kappa shape index (κ3) is 2.77. The van der Waals surface area contributed by atoms with Gasteiger partial charge in [0.15, 0.2) is 0 Å². The fourth-order valence-corrected chi connectivity index (χ4v) is 4.30. The van der Waals surface area contributed by atoms with Crippen LogP contribution in [0.5, 0.6) is 5.75 Å². The Morgan fingerprint density at radius 1 is 1.28 bits per heavy atom. The van der Waals surface area contributed by atoms with Crippen LogP contribution in [0, 0.1) is 0 Å². The number of hydrogen-bond donors (Lipinski definition) is 2. The molecular weight excluding hydrogens is 334 g/mol. The van der Waals surface area contributed by atoms with Crippen LogP contribution in [0.15, 0.2) is 51.6 Å². The maximum atomic E-state index is 12.9. The molecule has 0 amide bonds. The van der Waals surface area contributed by atoms with E-state index in [-0.39, 0.29) is 17.4 Å². The number of aromatic nitrogens is 1. The van der Waals surface area contributed by atoms with Gasteiger partial charge in [-0.1, -0.05) is 18.2 Å². The Bertz CT molecular complexity index is 1010. The van der Waals surface area contributed by atoms with Crippen molar-refractivity contribution in [3.8, 4) is 5.75 Å². The Hall–Kier alpha value is -2.44. The number of pyridine rings is 1. The van der Waals surface area contributed by atoms with Crippen LogP contribution < -0.4 is 10.9 Å². The van der Waals surface area contributed by atoms with Gasteiger partial charge in [-0.05, 0) is 23.6 Å². The normalized spacial score (nSPS) is 18.1. The number of benzene rings is 1. The first-order valence-electron chi connectivity index (χ1n) is 8.38. The van der Waals surface area contributed by atoms with Gasteiger partial charge in [-0.2, -0.15) is 0 Å². The van der Waals surface area contributed by atoms with Crippen molar-refractivity contribution in [3.05, 3.63) is 62.6 Å². The first-order chi connectivity index (χ1) is 12.2. The molecule has 0 bridgehead atoms. The number of aromatic hydroxyl groups is 1. The number of fused-ring (bicyclic) bond motifs is 1. The fraction of sp³-hybridized carbons (Fsp3) is 0.263. The van der Waals surface area contributed by atoms with Crippen molar-refractivity contribution in [3.63, 3.8) is 0 Å². The molecule has 0 saturated heterocycles. The van der Waals surface area contributed by atoms with E-state index in [9.17, 15) is 9.90 Å². The molecule has 128 valence electrons. The van der Waals surface area contributed by atoms with Gasteiger partial charge in [0.1, 0.15) is 17.4 Å². The van der Waals surface area contributed by atoms with Gasteiger partial charge in [-0.3, -0.25) is 9.79 Å². The molecule has 3 heterocycles. The Labute approximate surface area is 149 Å². The highest BCUT2D eigenvalue weighted by atomic mass is 32.1. The van der Waals surface area contributed by atoms with E-state index >= 15 is 0 Å². The monoisotopic (exact) mass is 354 g/mol. The third-order valence-electron chi connectivity index (χ3n) is 4.77.